The van der Waals surface area contributed by atoms with Crippen LogP contribution in [-0.2, 0) is 16.1 Å². The van der Waals surface area contributed by atoms with Crippen LogP contribution in [0.5, 0.6) is 0 Å². The molecule has 0 spiro atoms. The van der Waals surface area contributed by atoms with Crippen LogP contribution in [0, 0.1) is 5.82 Å². The number of hydrogen-bond acceptors (Lipinski definition) is 6. The summed E-state index contributed by atoms with van der Waals surface area (Å²) in [6.45, 7) is -0.301. The number of carbonyl (C=O) groups excluding carboxylic acids is 1. The average molecular weight is 366 g/mol. The molecule has 0 unspecified atom stereocenters. The van der Waals surface area contributed by atoms with E-state index in [2.05, 4.69) is 20.5 Å². The first-order valence-corrected chi connectivity index (χ1v) is 7.50. The largest absolute Gasteiger partial charge is 0.473 e. The highest BCUT2D eigenvalue weighted by Gasteiger charge is 2.23. The van der Waals surface area contributed by atoms with E-state index in [9.17, 15) is 18.0 Å². The summed E-state index contributed by atoms with van der Waals surface area (Å²) in [5, 5.41) is 14.5. The average Bonchev–Trinajstić information content (AvgIpc) is 3.05. The van der Waals surface area contributed by atoms with Crippen molar-refractivity contribution in [2.75, 3.05) is 0 Å². The number of primary amides is 1. The first kappa shape index (κ1) is 17.6. The minimum Gasteiger partial charge on any atom is -0.473 e. The molecule has 0 radical (unpaired) electrons. The highest BCUT2D eigenvalue weighted by molar-refractivity contribution is 6.38. The predicted molar refractivity (Wildman–Crippen MR) is 84.4 cm³/mol. The fourth-order valence-electron chi connectivity index (χ4n) is 2.27. The molecule has 1 aromatic heterocycles. The van der Waals surface area contributed by atoms with Crippen LogP contribution < -0.4 is 5.73 Å². The number of hydrogen-bond donors (Lipinski definition) is 1. The van der Waals surface area contributed by atoms with Crippen LogP contribution >= 0.6 is 0 Å². The summed E-state index contributed by atoms with van der Waals surface area (Å²) < 4.78 is 46.0. The van der Waals surface area contributed by atoms with Gasteiger partial charge < -0.3 is 10.5 Å². The quantitative estimate of drug-likeness (QED) is 0.872. The third kappa shape index (κ3) is 3.71. The molecule has 0 aliphatic carbocycles. The maximum Gasteiger partial charge on any atom is 0.284 e. The number of aromatic nitrogens is 3. The van der Waals surface area contributed by atoms with Crippen LogP contribution in [-0.4, -0.2) is 32.5 Å². The Morgan fingerprint density at radius 3 is 2.54 bits per heavy atom. The molecule has 1 amide bonds. The van der Waals surface area contributed by atoms with Crippen LogP contribution in [0.25, 0.3) is 5.69 Å². The number of nitrogens with two attached hydrogens (primary N) is 1. The zero-order chi connectivity index (χ0) is 18.7. The van der Waals surface area contributed by atoms with E-state index in [0.717, 1.165) is 4.68 Å². The lowest BCUT2D eigenvalue weighted by Crippen LogP contribution is -2.26. The highest BCUT2D eigenvalue weighted by atomic mass is 19.3. The molecule has 0 atom stereocenters. The van der Waals surface area contributed by atoms with Crippen LogP contribution in [0.1, 0.15) is 30.7 Å². The molecule has 0 fully saturated rings. The molecule has 26 heavy (non-hydrogen) atoms. The van der Waals surface area contributed by atoms with Gasteiger partial charge >= 0.3 is 0 Å². The molecule has 0 saturated heterocycles. The van der Waals surface area contributed by atoms with Crippen molar-refractivity contribution >= 4 is 17.5 Å². The second kappa shape index (κ2) is 7.33. The van der Waals surface area contributed by atoms with Gasteiger partial charge in [-0.15, -0.1) is 15.3 Å². The summed E-state index contributed by atoms with van der Waals surface area (Å²) in [5.74, 6) is -0.978. The number of amides is 1. The number of nitrogens with zero attached hydrogens (tertiary/aromatic N) is 5. The lowest BCUT2D eigenvalue weighted by Gasteiger charge is -2.13. The Labute approximate surface area is 145 Å². The van der Waals surface area contributed by atoms with E-state index in [-0.39, 0.29) is 36.8 Å². The molecule has 1 aliphatic rings. The number of ether oxygens (including phenoxy) is 1. The van der Waals surface area contributed by atoms with Crippen molar-refractivity contribution in [1.29, 1.82) is 0 Å². The van der Waals surface area contributed by atoms with E-state index in [1.165, 1.54) is 24.3 Å². The summed E-state index contributed by atoms with van der Waals surface area (Å²) in [4.78, 5) is 11.0. The third-order valence-corrected chi connectivity index (χ3v) is 3.59. The van der Waals surface area contributed by atoms with E-state index in [1.807, 2.05) is 0 Å². The molecule has 0 saturated carbocycles. The second-order valence-electron chi connectivity index (χ2n) is 5.30. The zero-order valence-electron chi connectivity index (χ0n) is 13.3. The standard InChI is InChI=1S/C15H13F3N6O2/c16-8-1-3-9(4-2-8)24-11(13(14(17)18)22-23-24)7-26-12-6-5-10(15(19)25)20-21-12/h1-4,14H,5-7H2,(H2,19,25). The Morgan fingerprint density at radius 1 is 1.23 bits per heavy atom. The van der Waals surface area contributed by atoms with Gasteiger partial charge in [-0.2, -0.15) is 0 Å². The van der Waals surface area contributed by atoms with Crippen molar-refractivity contribution in [1.82, 2.24) is 15.0 Å². The Bertz CT molecular complexity index is 876. The lowest BCUT2D eigenvalue weighted by molar-refractivity contribution is -0.112. The third-order valence-electron chi connectivity index (χ3n) is 3.59. The van der Waals surface area contributed by atoms with E-state index in [4.69, 9.17) is 10.5 Å². The molecular formula is C15H13F3N6O2. The van der Waals surface area contributed by atoms with Gasteiger partial charge in [-0.25, -0.2) is 17.9 Å². The molecule has 1 aliphatic heterocycles. The number of alkyl halides is 2. The molecule has 1 aromatic carbocycles. The summed E-state index contributed by atoms with van der Waals surface area (Å²) in [5.41, 5.74) is 5.02. The Balaban J connectivity index is 1.83. The van der Waals surface area contributed by atoms with E-state index in [1.54, 1.807) is 0 Å². The number of rotatable bonds is 5. The molecule has 8 nitrogen and oxygen atoms in total. The number of benzene rings is 1. The van der Waals surface area contributed by atoms with Gasteiger partial charge in [0.1, 0.15) is 23.8 Å². The monoisotopic (exact) mass is 366 g/mol. The van der Waals surface area contributed by atoms with Gasteiger partial charge in [-0.05, 0) is 24.3 Å². The summed E-state index contributed by atoms with van der Waals surface area (Å²) in [7, 11) is 0. The highest BCUT2D eigenvalue weighted by Crippen LogP contribution is 2.24. The molecule has 2 aromatic rings. The first-order chi connectivity index (χ1) is 12.5. The maximum atomic E-state index is 13.2. The maximum absolute atomic E-state index is 13.2. The van der Waals surface area contributed by atoms with Crippen LogP contribution in [0.4, 0.5) is 13.2 Å². The molecule has 0 bridgehead atoms. The van der Waals surface area contributed by atoms with Crippen molar-refractivity contribution < 1.29 is 22.7 Å². The van der Waals surface area contributed by atoms with Gasteiger partial charge in [0.2, 0.25) is 5.90 Å². The van der Waals surface area contributed by atoms with Gasteiger partial charge in [0, 0.05) is 12.8 Å². The predicted octanol–water partition coefficient (Wildman–Crippen LogP) is 1.89. The van der Waals surface area contributed by atoms with Gasteiger partial charge in [0.15, 0.2) is 5.69 Å². The van der Waals surface area contributed by atoms with E-state index in [0.29, 0.717) is 5.69 Å². The van der Waals surface area contributed by atoms with Crippen molar-refractivity contribution in [3.8, 4) is 5.69 Å². The van der Waals surface area contributed by atoms with Crippen molar-refractivity contribution in [3.05, 3.63) is 41.5 Å². The molecule has 2 N–H and O–H groups in total. The SMILES string of the molecule is NC(=O)C1=NN=C(OCc2c(C(F)F)nnn2-c2ccc(F)cc2)CC1. The van der Waals surface area contributed by atoms with Crippen LogP contribution in [0.15, 0.2) is 34.5 Å². The van der Waals surface area contributed by atoms with Crippen molar-refractivity contribution in [3.63, 3.8) is 0 Å². The fourth-order valence-corrected chi connectivity index (χ4v) is 2.27. The lowest BCUT2D eigenvalue weighted by atomic mass is 10.2. The summed E-state index contributed by atoms with van der Waals surface area (Å²) in [6, 6.07) is 5.11. The molecule has 11 heteroatoms. The topological polar surface area (TPSA) is 108 Å². The van der Waals surface area contributed by atoms with Gasteiger partial charge in [0.25, 0.3) is 12.3 Å². The molecule has 136 valence electrons. The van der Waals surface area contributed by atoms with Gasteiger partial charge in [0.05, 0.1) is 5.69 Å². The fraction of sp³-hybridized carbons (Fsp3) is 0.267. The summed E-state index contributed by atoms with van der Waals surface area (Å²) >= 11 is 0. The molecule has 3 rings (SSSR count). The molecule has 2 heterocycles. The normalized spacial score (nSPS) is 14.2. The Kier molecular flexibility index (Phi) is 4.96. The Hall–Kier alpha value is -3.24. The van der Waals surface area contributed by atoms with Crippen molar-refractivity contribution in [2.45, 2.75) is 25.9 Å². The van der Waals surface area contributed by atoms with Crippen LogP contribution in [0.3, 0.4) is 0 Å². The van der Waals surface area contributed by atoms with Gasteiger partial charge in [-0.1, -0.05) is 5.21 Å². The second-order valence-corrected chi connectivity index (χ2v) is 5.30. The number of halogens is 3. The van der Waals surface area contributed by atoms with E-state index >= 15 is 0 Å². The Morgan fingerprint density at radius 2 is 1.96 bits per heavy atom. The van der Waals surface area contributed by atoms with Crippen LogP contribution in [0.2, 0.25) is 0 Å². The van der Waals surface area contributed by atoms with Crippen molar-refractivity contribution in [2.24, 2.45) is 15.9 Å². The molecular weight excluding hydrogens is 353 g/mol. The minimum absolute atomic E-state index is 0.000939. The van der Waals surface area contributed by atoms with Gasteiger partial charge in [-0.3, -0.25) is 4.79 Å². The van der Waals surface area contributed by atoms with E-state index < -0.39 is 23.8 Å². The first-order valence-electron chi connectivity index (χ1n) is 7.50. The number of carbonyl (C=O) groups is 1. The summed E-state index contributed by atoms with van der Waals surface area (Å²) in [6.07, 6.45) is -2.37. The minimum atomic E-state index is -2.87. The smallest absolute Gasteiger partial charge is 0.284 e. The zero-order valence-corrected chi connectivity index (χ0v) is 13.3.